The van der Waals surface area contributed by atoms with Crippen LogP contribution in [-0.4, -0.2) is 34.7 Å². The van der Waals surface area contributed by atoms with Crippen LogP contribution >= 0.6 is 11.6 Å². The van der Waals surface area contributed by atoms with Crippen LogP contribution < -0.4 is 14.8 Å². The van der Waals surface area contributed by atoms with Crippen molar-refractivity contribution in [2.75, 3.05) is 14.2 Å². The van der Waals surface area contributed by atoms with E-state index in [2.05, 4.69) is 15.4 Å². The van der Waals surface area contributed by atoms with E-state index in [1.165, 1.54) is 4.52 Å². The highest BCUT2D eigenvalue weighted by atomic mass is 35.5. The van der Waals surface area contributed by atoms with Crippen molar-refractivity contribution in [3.8, 4) is 11.5 Å². The zero-order valence-corrected chi connectivity index (χ0v) is 14.7. The van der Waals surface area contributed by atoms with Gasteiger partial charge in [0.05, 0.1) is 20.3 Å². The Kier molecular flexibility index (Phi) is 4.76. The smallest absolute Gasteiger partial charge is 0.273 e. The molecule has 1 unspecified atom stereocenters. The van der Waals surface area contributed by atoms with Crippen LogP contribution in [0.25, 0.3) is 5.65 Å². The Hall–Kier alpha value is -2.80. The normalized spacial score (nSPS) is 12.0. The third-order valence-corrected chi connectivity index (χ3v) is 4.15. The summed E-state index contributed by atoms with van der Waals surface area (Å²) >= 11 is 6.24. The van der Waals surface area contributed by atoms with E-state index < -0.39 is 5.91 Å². The molecule has 1 aromatic carbocycles. The molecule has 0 saturated carbocycles. The van der Waals surface area contributed by atoms with Crippen molar-refractivity contribution in [3.63, 3.8) is 0 Å². The van der Waals surface area contributed by atoms with Crippen LogP contribution in [0.1, 0.15) is 29.0 Å². The number of nitrogens with one attached hydrogen (secondary N) is 1. The first kappa shape index (κ1) is 17.0. The molecule has 2 heterocycles. The number of carbonyl (C=O) groups is 1. The highest BCUT2D eigenvalue weighted by Crippen LogP contribution is 2.29. The molecular weight excluding hydrogens is 344 g/mol. The maximum Gasteiger partial charge on any atom is 0.273 e. The van der Waals surface area contributed by atoms with Gasteiger partial charge in [-0.05, 0) is 31.2 Å². The molecule has 1 N–H and O–H groups in total. The maximum atomic E-state index is 12.6. The number of amides is 1. The van der Waals surface area contributed by atoms with E-state index in [-0.39, 0.29) is 16.8 Å². The first-order valence-corrected chi connectivity index (χ1v) is 7.94. The third-order valence-electron chi connectivity index (χ3n) is 3.81. The van der Waals surface area contributed by atoms with Crippen molar-refractivity contribution < 1.29 is 14.3 Å². The van der Waals surface area contributed by atoms with Gasteiger partial charge in [0, 0.05) is 18.0 Å². The van der Waals surface area contributed by atoms with Crippen molar-refractivity contribution >= 4 is 23.2 Å². The Morgan fingerprint density at radius 3 is 2.80 bits per heavy atom. The minimum absolute atomic E-state index is 0.120. The molecule has 3 rings (SSSR count). The molecule has 0 radical (unpaired) electrons. The summed E-state index contributed by atoms with van der Waals surface area (Å²) in [6.45, 7) is 1.84. The van der Waals surface area contributed by atoms with Crippen molar-refractivity contribution in [1.29, 1.82) is 0 Å². The monoisotopic (exact) mass is 360 g/mol. The Morgan fingerprint density at radius 1 is 1.32 bits per heavy atom. The Balaban J connectivity index is 1.88. The van der Waals surface area contributed by atoms with Gasteiger partial charge in [0.25, 0.3) is 5.91 Å². The molecule has 0 bridgehead atoms. The van der Waals surface area contributed by atoms with E-state index in [1.807, 2.05) is 13.0 Å². The zero-order valence-electron chi connectivity index (χ0n) is 14.0. The number of rotatable bonds is 5. The molecule has 0 spiro atoms. The van der Waals surface area contributed by atoms with Crippen molar-refractivity contribution in [3.05, 3.63) is 52.9 Å². The van der Waals surface area contributed by atoms with Crippen LogP contribution in [-0.2, 0) is 0 Å². The molecule has 8 heteroatoms. The van der Waals surface area contributed by atoms with E-state index in [0.717, 1.165) is 5.56 Å². The lowest BCUT2D eigenvalue weighted by atomic mass is 10.1. The minimum atomic E-state index is -0.395. The molecule has 0 aliphatic rings. The SMILES string of the molecule is COc1ccc(OC)c(C(C)NC(=O)c2nn3cccnc3c2Cl)c1. The van der Waals surface area contributed by atoms with Crippen molar-refractivity contribution in [2.45, 2.75) is 13.0 Å². The number of benzene rings is 1. The molecule has 1 amide bonds. The van der Waals surface area contributed by atoms with Crippen LogP contribution in [0.15, 0.2) is 36.7 Å². The number of hydrogen-bond acceptors (Lipinski definition) is 5. The lowest BCUT2D eigenvalue weighted by molar-refractivity contribution is 0.0934. The summed E-state index contributed by atoms with van der Waals surface area (Å²) in [5.74, 6) is 0.927. The number of methoxy groups -OCH3 is 2. The number of nitrogens with zero attached hydrogens (tertiary/aromatic N) is 3. The van der Waals surface area contributed by atoms with Crippen molar-refractivity contribution in [1.82, 2.24) is 19.9 Å². The van der Waals surface area contributed by atoms with Gasteiger partial charge in [0.1, 0.15) is 16.5 Å². The second-order valence-corrected chi connectivity index (χ2v) is 5.73. The minimum Gasteiger partial charge on any atom is -0.497 e. The second kappa shape index (κ2) is 6.98. The second-order valence-electron chi connectivity index (χ2n) is 5.35. The first-order chi connectivity index (χ1) is 12.0. The topological polar surface area (TPSA) is 77.8 Å². The van der Waals surface area contributed by atoms with Crippen LogP contribution in [0.5, 0.6) is 11.5 Å². The van der Waals surface area contributed by atoms with E-state index >= 15 is 0 Å². The summed E-state index contributed by atoms with van der Waals surface area (Å²) in [5, 5.41) is 7.28. The van der Waals surface area contributed by atoms with Gasteiger partial charge in [0.15, 0.2) is 11.3 Å². The van der Waals surface area contributed by atoms with Gasteiger partial charge in [-0.1, -0.05) is 11.6 Å². The van der Waals surface area contributed by atoms with Gasteiger partial charge >= 0.3 is 0 Å². The van der Waals surface area contributed by atoms with Gasteiger partial charge in [-0.25, -0.2) is 9.50 Å². The summed E-state index contributed by atoms with van der Waals surface area (Å²) in [7, 11) is 3.16. The maximum absolute atomic E-state index is 12.6. The Labute approximate surface area is 149 Å². The highest BCUT2D eigenvalue weighted by molar-refractivity contribution is 6.36. The van der Waals surface area contributed by atoms with Gasteiger partial charge in [0.2, 0.25) is 0 Å². The fraction of sp³-hybridized carbons (Fsp3) is 0.235. The fourth-order valence-electron chi connectivity index (χ4n) is 2.52. The number of carbonyl (C=O) groups excluding carboxylic acids is 1. The summed E-state index contributed by atoms with van der Waals surface area (Å²) in [6, 6.07) is 6.77. The molecule has 0 aliphatic carbocycles. The zero-order chi connectivity index (χ0) is 18.0. The molecule has 3 aromatic rings. The Morgan fingerprint density at radius 2 is 2.12 bits per heavy atom. The summed E-state index contributed by atoms with van der Waals surface area (Å²) < 4.78 is 12.1. The molecule has 25 heavy (non-hydrogen) atoms. The number of hydrogen-bond donors (Lipinski definition) is 1. The van der Waals surface area contributed by atoms with Gasteiger partial charge in [-0.3, -0.25) is 4.79 Å². The number of fused-ring (bicyclic) bond motifs is 1. The highest BCUT2D eigenvalue weighted by Gasteiger charge is 2.22. The van der Waals surface area contributed by atoms with E-state index in [1.54, 1.807) is 44.8 Å². The quantitative estimate of drug-likeness (QED) is 0.757. The lowest BCUT2D eigenvalue weighted by Crippen LogP contribution is -2.27. The predicted molar refractivity (Wildman–Crippen MR) is 93.4 cm³/mol. The molecule has 0 aliphatic heterocycles. The van der Waals surface area contributed by atoms with Crippen LogP contribution in [0.3, 0.4) is 0 Å². The number of ether oxygens (including phenoxy) is 2. The van der Waals surface area contributed by atoms with Crippen LogP contribution in [0.2, 0.25) is 5.02 Å². The molecule has 1 atom stereocenters. The summed E-state index contributed by atoms with van der Waals surface area (Å²) in [6.07, 6.45) is 3.27. The first-order valence-electron chi connectivity index (χ1n) is 7.56. The van der Waals surface area contributed by atoms with Gasteiger partial charge in [-0.2, -0.15) is 5.10 Å². The molecular formula is C17H17ClN4O3. The summed E-state index contributed by atoms with van der Waals surface area (Å²) in [4.78, 5) is 16.7. The van der Waals surface area contributed by atoms with Gasteiger partial charge < -0.3 is 14.8 Å². The number of halogens is 1. The van der Waals surface area contributed by atoms with E-state index in [0.29, 0.717) is 17.1 Å². The molecule has 130 valence electrons. The van der Waals surface area contributed by atoms with E-state index in [9.17, 15) is 4.79 Å². The lowest BCUT2D eigenvalue weighted by Gasteiger charge is -2.17. The van der Waals surface area contributed by atoms with E-state index in [4.69, 9.17) is 21.1 Å². The molecule has 0 fully saturated rings. The number of aromatic nitrogens is 3. The molecule has 2 aromatic heterocycles. The third kappa shape index (κ3) is 3.23. The fourth-order valence-corrected chi connectivity index (χ4v) is 2.78. The van der Waals surface area contributed by atoms with Crippen LogP contribution in [0, 0.1) is 0 Å². The summed E-state index contributed by atoms with van der Waals surface area (Å²) in [5.41, 5.74) is 1.34. The van der Waals surface area contributed by atoms with Crippen molar-refractivity contribution in [2.24, 2.45) is 0 Å². The largest absolute Gasteiger partial charge is 0.497 e. The molecule has 7 nitrogen and oxygen atoms in total. The van der Waals surface area contributed by atoms with Gasteiger partial charge in [-0.15, -0.1) is 0 Å². The average Bonchev–Trinajstić information content (AvgIpc) is 2.98. The Bertz CT molecular complexity index is 925. The van der Waals surface area contributed by atoms with Crippen LogP contribution in [0.4, 0.5) is 0 Å². The average molecular weight is 361 g/mol. The molecule has 0 saturated heterocycles. The predicted octanol–water partition coefficient (Wildman–Crippen LogP) is 2.89. The standard InChI is InChI=1S/C17H17ClN4O3/c1-10(12-9-11(24-2)5-6-13(12)25-3)20-17(23)15-14(18)16-19-7-4-8-22(16)21-15/h4-10H,1-3H3,(H,20,23).